The molecule has 0 fully saturated rings. The lowest BCUT2D eigenvalue weighted by Crippen LogP contribution is -2.37. The molecule has 0 heterocycles. The molecule has 134 valence electrons. The molecule has 0 aromatic heterocycles. The molecule has 0 radical (unpaired) electrons. The van der Waals surface area contributed by atoms with Gasteiger partial charge in [0.2, 0.25) is 0 Å². The van der Waals surface area contributed by atoms with Gasteiger partial charge < -0.3 is 9.84 Å². The van der Waals surface area contributed by atoms with E-state index in [1.54, 1.807) is 19.1 Å². The molecule has 0 aromatic rings. The molecular formula is C15H26O7S. The summed E-state index contributed by atoms with van der Waals surface area (Å²) >= 11 is 0. The Kier molecular flexibility index (Phi) is 9.74. The molecule has 0 saturated carbocycles. The largest absolute Gasteiger partial charge is 0.481 e. The lowest BCUT2D eigenvalue weighted by atomic mass is 9.93. The molecule has 7 nitrogen and oxygen atoms in total. The van der Waals surface area contributed by atoms with E-state index in [9.17, 15) is 18.0 Å². The van der Waals surface area contributed by atoms with Crippen LogP contribution in [-0.2, 0) is 24.4 Å². The summed E-state index contributed by atoms with van der Waals surface area (Å²) in [6.07, 6.45) is 5.06. The Hall–Kier alpha value is -1.41. The standard InChI is InChI=1S/C15H26O7S/c1-4-7-9-11(6-3)12(8-5-2)22-15(18)13(10-14(16)17)23(19,20)21/h5,8,11-13H,4,6-7,9-10H2,1-3H3,(H,16,17)(H,19,20,21). The van der Waals surface area contributed by atoms with Crippen molar-refractivity contribution in [3.05, 3.63) is 12.2 Å². The third-order valence-electron chi connectivity index (χ3n) is 3.53. The van der Waals surface area contributed by atoms with E-state index in [-0.39, 0.29) is 5.92 Å². The van der Waals surface area contributed by atoms with Crippen molar-refractivity contribution in [2.75, 3.05) is 0 Å². The van der Waals surface area contributed by atoms with Gasteiger partial charge in [-0.3, -0.25) is 14.1 Å². The maximum atomic E-state index is 12.0. The number of allylic oxidation sites excluding steroid dienone is 1. The fourth-order valence-corrected chi connectivity index (χ4v) is 2.88. The second kappa shape index (κ2) is 10.4. The van der Waals surface area contributed by atoms with Crippen molar-refractivity contribution in [2.24, 2.45) is 5.92 Å². The van der Waals surface area contributed by atoms with Crippen LogP contribution in [0.25, 0.3) is 0 Å². The number of hydrogen-bond donors (Lipinski definition) is 2. The van der Waals surface area contributed by atoms with Crippen LogP contribution in [0.4, 0.5) is 0 Å². The molecule has 2 N–H and O–H groups in total. The second-order valence-electron chi connectivity index (χ2n) is 5.34. The minimum absolute atomic E-state index is 0.00183. The maximum absolute atomic E-state index is 12.0. The van der Waals surface area contributed by atoms with E-state index in [2.05, 4.69) is 0 Å². The van der Waals surface area contributed by atoms with E-state index in [1.807, 2.05) is 13.8 Å². The van der Waals surface area contributed by atoms with Crippen molar-refractivity contribution in [1.29, 1.82) is 0 Å². The minimum Gasteiger partial charge on any atom is -0.481 e. The number of ether oxygens (including phenoxy) is 1. The van der Waals surface area contributed by atoms with Gasteiger partial charge in [-0.05, 0) is 31.8 Å². The fraction of sp³-hybridized carbons (Fsp3) is 0.733. The van der Waals surface area contributed by atoms with Crippen molar-refractivity contribution < 1.29 is 32.4 Å². The molecule has 3 unspecified atom stereocenters. The average molecular weight is 350 g/mol. The topological polar surface area (TPSA) is 118 Å². The summed E-state index contributed by atoms with van der Waals surface area (Å²) in [4.78, 5) is 22.8. The molecule has 0 amide bonds. The molecule has 8 heteroatoms. The highest BCUT2D eigenvalue weighted by molar-refractivity contribution is 7.87. The normalized spacial score (nSPS) is 16.0. The number of esters is 1. The Morgan fingerprint density at radius 2 is 1.87 bits per heavy atom. The number of carboxylic acid groups (broad SMARTS) is 1. The first-order valence-corrected chi connectivity index (χ1v) is 9.19. The molecule has 23 heavy (non-hydrogen) atoms. The highest BCUT2D eigenvalue weighted by Gasteiger charge is 2.36. The Morgan fingerprint density at radius 1 is 1.26 bits per heavy atom. The van der Waals surface area contributed by atoms with E-state index in [1.165, 1.54) is 0 Å². The van der Waals surface area contributed by atoms with Crippen LogP contribution >= 0.6 is 0 Å². The molecular weight excluding hydrogens is 324 g/mol. The third kappa shape index (κ3) is 8.13. The molecule has 0 bridgehead atoms. The van der Waals surface area contributed by atoms with Crippen LogP contribution in [0.1, 0.15) is 52.9 Å². The number of carbonyl (C=O) groups excluding carboxylic acids is 1. The summed E-state index contributed by atoms with van der Waals surface area (Å²) in [5.41, 5.74) is 0. The van der Waals surface area contributed by atoms with Crippen molar-refractivity contribution in [1.82, 2.24) is 0 Å². The van der Waals surface area contributed by atoms with E-state index in [0.717, 1.165) is 25.7 Å². The summed E-state index contributed by atoms with van der Waals surface area (Å²) in [5, 5.41) is 6.59. The lowest BCUT2D eigenvalue weighted by Gasteiger charge is -2.25. The van der Waals surface area contributed by atoms with E-state index >= 15 is 0 Å². The van der Waals surface area contributed by atoms with Crippen LogP contribution in [0.5, 0.6) is 0 Å². The van der Waals surface area contributed by atoms with Crippen LogP contribution in [0.15, 0.2) is 12.2 Å². The predicted molar refractivity (Wildman–Crippen MR) is 85.6 cm³/mol. The maximum Gasteiger partial charge on any atom is 0.328 e. The highest BCUT2D eigenvalue weighted by Crippen LogP contribution is 2.22. The Morgan fingerprint density at radius 3 is 2.26 bits per heavy atom. The first kappa shape index (κ1) is 21.6. The first-order valence-electron chi connectivity index (χ1n) is 7.68. The summed E-state index contributed by atoms with van der Waals surface area (Å²) in [6, 6.07) is 0. The van der Waals surface area contributed by atoms with Gasteiger partial charge in [0.05, 0.1) is 6.42 Å². The summed E-state index contributed by atoms with van der Waals surface area (Å²) in [6.45, 7) is 5.71. The van der Waals surface area contributed by atoms with Crippen molar-refractivity contribution >= 4 is 22.1 Å². The SMILES string of the molecule is CC=CC(OC(=O)C(CC(=O)O)S(=O)(=O)O)C(CC)CCCC. The zero-order valence-corrected chi connectivity index (χ0v) is 14.6. The second-order valence-corrected chi connectivity index (χ2v) is 6.94. The van der Waals surface area contributed by atoms with Gasteiger partial charge in [-0.15, -0.1) is 0 Å². The number of rotatable bonds is 11. The monoisotopic (exact) mass is 350 g/mol. The van der Waals surface area contributed by atoms with Gasteiger partial charge in [0, 0.05) is 0 Å². The highest BCUT2D eigenvalue weighted by atomic mass is 32.2. The number of carbonyl (C=O) groups is 2. The molecule has 0 rings (SSSR count). The average Bonchev–Trinajstić information content (AvgIpc) is 2.44. The molecule has 0 spiro atoms. The van der Waals surface area contributed by atoms with Gasteiger partial charge in [-0.2, -0.15) is 8.42 Å². The van der Waals surface area contributed by atoms with E-state index in [0.29, 0.717) is 0 Å². The summed E-state index contributed by atoms with van der Waals surface area (Å²) in [5.74, 6) is -2.75. The van der Waals surface area contributed by atoms with Crippen molar-refractivity contribution in [3.8, 4) is 0 Å². The summed E-state index contributed by atoms with van der Waals surface area (Å²) in [7, 11) is -4.85. The van der Waals surface area contributed by atoms with Crippen molar-refractivity contribution in [2.45, 2.75) is 64.2 Å². The van der Waals surface area contributed by atoms with E-state index in [4.69, 9.17) is 14.4 Å². The molecule has 0 aliphatic heterocycles. The predicted octanol–water partition coefficient (Wildman–Crippen LogP) is 2.42. The summed E-state index contributed by atoms with van der Waals surface area (Å²) < 4.78 is 36.7. The molecule has 0 saturated heterocycles. The quantitative estimate of drug-likeness (QED) is 0.334. The van der Waals surface area contributed by atoms with Crippen LogP contribution in [-0.4, -0.2) is 41.4 Å². The van der Waals surface area contributed by atoms with Crippen molar-refractivity contribution in [3.63, 3.8) is 0 Å². The molecule has 0 aromatic carbocycles. The molecule has 0 aliphatic rings. The lowest BCUT2D eigenvalue weighted by molar-refractivity contribution is -0.151. The van der Waals surface area contributed by atoms with E-state index < -0.39 is 39.8 Å². The van der Waals surface area contributed by atoms with Gasteiger partial charge in [0.25, 0.3) is 10.1 Å². The number of carboxylic acids is 1. The third-order valence-corrected chi connectivity index (χ3v) is 4.61. The minimum atomic E-state index is -4.85. The van der Waals surface area contributed by atoms with Gasteiger partial charge >= 0.3 is 11.9 Å². The zero-order chi connectivity index (χ0) is 18.0. The fourth-order valence-electron chi connectivity index (χ4n) is 2.23. The van der Waals surface area contributed by atoms with Gasteiger partial charge in [-0.1, -0.05) is 32.8 Å². The van der Waals surface area contributed by atoms with Crippen LogP contribution in [0, 0.1) is 5.92 Å². The number of aliphatic carboxylic acids is 1. The Balaban J connectivity index is 5.23. The Labute approximate surface area is 137 Å². The van der Waals surface area contributed by atoms with Crippen LogP contribution < -0.4 is 0 Å². The first-order chi connectivity index (χ1) is 10.7. The van der Waals surface area contributed by atoms with Gasteiger partial charge in [-0.25, -0.2) is 0 Å². The Bertz CT molecular complexity index is 510. The zero-order valence-electron chi connectivity index (χ0n) is 13.8. The van der Waals surface area contributed by atoms with Crippen LogP contribution in [0.3, 0.4) is 0 Å². The number of hydrogen-bond acceptors (Lipinski definition) is 5. The molecule has 3 atom stereocenters. The van der Waals surface area contributed by atoms with Gasteiger partial charge in [0.1, 0.15) is 6.10 Å². The molecule has 0 aliphatic carbocycles. The van der Waals surface area contributed by atoms with Gasteiger partial charge in [0.15, 0.2) is 5.25 Å². The van der Waals surface area contributed by atoms with Crippen LogP contribution in [0.2, 0.25) is 0 Å². The number of unbranched alkanes of at least 4 members (excludes halogenated alkanes) is 1. The smallest absolute Gasteiger partial charge is 0.328 e.